The fourth-order valence-corrected chi connectivity index (χ4v) is 1.36. The van der Waals surface area contributed by atoms with Crippen LogP contribution >= 0.6 is 0 Å². The Bertz CT molecular complexity index is 227. The van der Waals surface area contributed by atoms with E-state index in [1.807, 2.05) is 10.2 Å². The molecule has 1 saturated carbocycles. The SMILES string of the molecule is NCCN(CC(=O)NC(N)=O)C1CC1. The molecule has 0 bridgehead atoms. The maximum Gasteiger partial charge on any atom is 0.318 e. The number of nitrogens with zero attached hydrogens (tertiary/aromatic N) is 1. The Hall–Kier alpha value is -1.14. The van der Waals surface area contributed by atoms with E-state index >= 15 is 0 Å². The highest BCUT2D eigenvalue weighted by Gasteiger charge is 2.29. The van der Waals surface area contributed by atoms with E-state index < -0.39 is 6.03 Å². The highest BCUT2D eigenvalue weighted by molar-refractivity contribution is 5.94. The Kier molecular flexibility index (Phi) is 3.84. The van der Waals surface area contributed by atoms with Crippen molar-refractivity contribution in [2.75, 3.05) is 19.6 Å². The third-order valence-electron chi connectivity index (χ3n) is 2.09. The second kappa shape index (κ2) is 4.92. The number of carbonyl (C=O) groups excluding carboxylic acids is 2. The maximum atomic E-state index is 11.2. The third kappa shape index (κ3) is 3.71. The summed E-state index contributed by atoms with van der Waals surface area (Å²) in [6, 6.07) is -0.351. The zero-order valence-electron chi connectivity index (χ0n) is 8.03. The molecule has 1 aliphatic rings. The minimum Gasteiger partial charge on any atom is -0.351 e. The van der Waals surface area contributed by atoms with Gasteiger partial charge in [0, 0.05) is 19.1 Å². The molecule has 0 radical (unpaired) electrons. The van der Waals surface area contributed by atoms with Crippen molar-refractivity contribution in [3.8, 4) is 0 Å². The van der Waals surface area contributed by atoms with E-state index in [9.17, 15) is 9.59 Å². The van der Waals surface area contributed by atoms with Crippen LogP contribution in [0.4, 0.5) is 4.79 Å². The molecule has 0 aromatic carbocycles. The van der Waals surface area contributed by atoms with Crippen molar-refractivity contribution < 1.29 is 9.59 Å². The van der Waals surface area contributed by atoms with Gasteiger partial charge in [-0.25, -0.2) is 4.79 Å². The second-order valence-electron chi connectivity index (χ2n) is 3.40. The van der Waals surface area contributed by atoms with Gasteiger partial charge in [0.05, 0.1) is 6.54 Å². The van der Waals surface area contributed by atoms with Crippen LogP contribution in [0.3, 0.4) is 0 Å². The van der Waals surface area contributed by atoms with Gasteiger partial charge in [0.15, 0.2) is 0 Å². The molecule has 1 aliphatic carbocycles. The number of hydrogen-bond acceptors (Lipinski definition) is 4. The lowest BCUT2D eigenvalue weighted by Crippen LogP contribution is -2.44. The summed E-state index contributed by atoms with van der Waals surface area (Å²) in [5, 5.41) is 2.03. The van der Waals surface area contributed by atoms with Crippen molar-refractivity contribution in [3.63, 3.8) is 0 Å². The summed E-state index contributed by atoms with van der Waals surface area (Å²) in [5.74, 6) is -0.363. The quantitative estimate of drug-likeness (QED) is 0.508. The molecular weight excluding hydrogens is 184 g/mol. The Morgan fingerprint density at radius 2 is 2.07 bits per heavy atom. The van der Waals surface area contributed by atoms with Crippen molar-refractivity contribution in [2.45, 2.75) is 18.9 Å². The van der Waals surface area contributed by atoms with E-state index in [1.165, 1.54) is 0 Å². The first-order chi connectivity index (χ1) is 6.63. The summed E-state index contributed by atoms with van der Waals surface area (Å²) >= 11 is 0. The molecule has 6 heteroatoms. The summed E-state index contributed by atoms with van der Waals surface area (Å²) in [6.45, 7) is 1.39. The van der Waals surface area contributed by atoms with Gasteiger partial charge in [-0.2, -0.15) is 0 Å². The largest absolute Gasteiger partial charge is 0.351 e. The van der Waals surface area contributed by atoms with Crippen molar-refractivity contribution in [1.29, 1.82) is 0 Å². The lowest BCUT2D eigenvalue weighted by Gasteiger charge is -2.19. The molecule has 0 aliphatic heterocycles. The van der Waals surface area contributed by atoms with E-state index in [-0.39, 0.29) is 12.5 Å². The number of rotatable bonds is 5. The summed E-state index contributed by atoms with van der Waals surface area (Å²) in [4.78, 5) is 23.5. The van der Waals surface area contributed by atoms with Gasteiger partial charge in [-0.1, -0.05) is 0 Å². The standard InChI is InChI=1S/C8H16N4O2/c9-3-4-12(6-1-2-6)5-7(13)11-8(10)14/h6H,1-5,9H2,(H3,10,11,13,14). The molecule has 1 rings (SSSR count). The van der Waals surface area contributed by atoms with Crippen LogP contribution in [-0.2, 0) is 4.79 Å². The zero-order chi connectivity index (χ0) is 10.6. The maximum absolute atomic E-state index is 11.2. The Labute approximate surface area is 82.6 Å². The number of amides is 3. The fraction of sp³-hybridized carbons (Fsp3) is 0.750. The van der Waals surface area contributed by atoms with Crippen LogP contribution in [0.1, 0.15) is 12.8 Å². The van der Waals surface area contributed by atoms with Crippen LogP contribution in [0.2, 0.25) is 0 Å². The summed E-state index contributed by atoms with van der Waals surface area (Å²) in [5.41, 5.74) is 10.2. The molecule has 5 N–H and O–H groups in total. The van der Waals surface area contributed by atoms with Crippen molar-refractivity contribution in [3.05, 3.63) is 0 Å². The van der Waals surface area contributed by atoms with Gasteiger partial charge in [-0.3, -0.25) is 15.0 Å². The van der Waals surface area contributed by atoms with Crippen molar-refractivity contribution in [1.82, 2.24) is 10.2 Å². The molecule has 3 amide bonds. The van der Waals surface area contributed by atoms with E-state index in [1.54, 1.807) is 0 Å². The summed E-state index contributed by atoms with van der Waals surface area (Å²) in [7, 11) is 0. The molecule has 0 aromatic heterocycles. The van der Waals surface area contributed by atoms with E-state index in [0.717, 1.165) is 12.8 Å². The molecule has 1 fully saturated rings. The van der Waals surface area contributed by atoms with E-state index in [4.69, 9.17) is 11.5 Å². The number of urea groups is 1. The minimum atomic E-state index is -0.807. The highest BCUT2D eigenvalue weighted by Crippen LogP contribution is 2.25. The number of hydrogen-bond donors (Lipinski definition) is 3. The van der Waals surface area contributed by atoms with Crippen LogP contribution in [0.25, 0.3) is 0 Å². The second-order valence-corrected chi connectivity index (χ2v) is 3.40. The van der Waals surface area contributed by atoms with Gasteiger partial charge in [0.25, 0.3) is 0 Å². The zero-order valence-corrected chi connectivity index (χ0v) is 8.03. The van der Waals surface area contributed by atoms with Crippen LogP contribution in [0.15, 0.2) is 0 Å². The number of nitrogens with two attached hydrogens (primary N) is 2. The molecule has 0 spiro atoms. The smallest absolute Gasteiger partial charge is 0.318 e. The van der Waals surface area contributed by atoms with Crippen molar-refractivity contribution in [2.24, 2.45) is 11.5 Å². The van der Waals surface area contributed by atoms with E-state index in [0.29, 0.717) is 19.1 Å². The minimum absolute atomic E-state index is 0.199. The average Bonchev–Trinajstić information content (AvgIpc) is 2.83. The molecule has 0 heterocycles. The molecule has 0 aromatic rings. The molecule has 14 heavy (non-hydrogen) atoms. The van der Waals surface area contributed by atoms with Crippen LogP contribution in [0, 0.1) is 0 Å². The topological polar surface area (TPSA) is 101 Å². The van der Waals surface area contributed by atoms with Gasteiger partial charge in [0.1, 0.15) is 0 Å². The Balaban J connectivity index is 2.30. The van der Waals surface area contributed by atoms with E-state index in [2.05, 4.69) is 0 Å². The molecule has 0 unspecified atom stereocenters. The lowest BCUT2D eigenvalue weighted by molar-refractivity contribution is -0.121. The lowest BCUT2D eigenvalue weighted by atomic mass is 10.4. The van der Waals surface area contributed by atoms with Crippen LogP contribution in [0.5, 0.6) is 0 Å². The van der Waals surface area contributed by atoms with Gasteiger partial charge in [-0.05, 0) is 12.8 Å². The molecule has 0 saturated heterocycles. The Morgan fingerprint density at radius 3 is 2.50 bits per heavy atom. The van der Waals surface area contributed by atoms with Gasteiger partial charge < -0.3 is 11.5 Å². The summed E-state index contributed by atoms with van der Waals surface area (Å²) in [6.07, 6.45) is 2.20. The first-order valence-corrected chi connectivity index (χ1v) is 4.67. The predicted octanol–water partition coefficient (Wildman–Crippen LogP) is -1.40. The molecule has 0 atom stereocenters. The van der Waals surface area contributed by atoms with Crippen LogP contribution in [-0.4, -0.2) is 42.5 Å². The molecule has 6 nitrogen and oxygen atoms in total. The van der Waals surface area contributed by atoms with Gasteiger partial charge in [-0.15, -0.1) is 0 Å². The normalized spacial score (nSPS) is 15.6. The van der Waals surface area contributed by atoms with Crippen LogP contribution < -0.4 is 16.8 Å². The monoisotopic (exact) mass is 200 g/mol. The Morgan fingerprint density at radius 1 is 1.43 bits per heavy atom. The van der Waals surface area contributed by atoms with Gasteiger partial charge >= 0.3 is 6.03 Å². The van der Waals surface area contributed by atoms with Gasteiger partial charge in [0.2, 0.25) is 5.91 Å². The number of imide groups is 1. The number of nitrogens with one attached hydrogen (secondary N) is 1. The third-order valence-corrected chi connectivity index (χ3v) is 2.09. The molecular formula is C8H16N4O2. The van der Waals surface area contributed by atoms with Crippen molar-refractivity contribution >= 4 is 11.9 Å². The average molecular weight is 200 g/mol. The number of carbonyl (C=O) groups is 2. The fourth-order valence-electron chi connectivity index (χ4n) is 1.36. The highest BCUT2D eigenvalue weighted by atomic mass is 16.2. The first-order valence-electron chi connectivity index (χ1n) is 4.67. The first kappa shape index (κ1) is 10.9. The molecule has 80 valence electrons. The number of primary amides is 1. The summed E-state index contributed by atoms with van der Waals surface area (Å²) < 4.78 is 0. The predicted molar refractivity (Wildman–Crippen MR) is 51.4 cm³/mol.